The van der Waals surface area contributed by atoms with Crippen molar-refractivity contribution in [1.82, 2.24) is 9.55 Å². The highest BCUT2D eigenvalue weighted by Gasteiger charge is 2.36. The summed E-state index contributed by atoms with van der Waals surface area (Å²) in [5, 5.41) is 7.61. The molecule has 8 aromatic rings. The molecule has 0 radical (unpaired) electrons. The molecule has 0 bridgehead atoms. The van der Waals surface area contributed by atoms with Crippen LogP contribution in [0.5, 0.6) is 0 Å². The third-order valence-corrected chi connectivity index (χ3v) is 9.41. The smallest absolute Gasteiger partial charge is 0.137 e. The van der Waals surface area contributed by atoms with E-state index in [0.29, 0.717) is 0 Å². The molecular weight excluding hydrogens is 508 g/mol. The standard InChI is InChI=1S/C40H28N2/c1-40(2)34-18-15-25-9-5-6-12-30(25)39(34)31-17-14-29(23-35(31)40)28-16-19-36-32(22-28)33-21-26-10-3-4-11-27(26)24-37(33)42(36)38-13-7-8-20-41-38/h3-24H,1-2H3. The van der Waals surface area contributed by atoms with Gasteiger partial charge in [-0.05, 0) is 97.4 Å². The zero-order chi connectivity index (χ0) is 28.0. The zero-order valence-corrected chi connectivity index (χ0v) is 23.6. The van der Waals surface area contributed by atoms with Crippen molar-refractivity contribution in [3.05, 3.63) is 145 Å². The van der Waals surface area contributed by atoms with Crippen LogP contribution in [0.2, 0.25) is 0 Å². The zero-order valence-electron chi connectivity index (χ0n) is 23.6. The molecule has 1 aliphatic carbocycles. The van der Waals surface area contributed by atoms with Gasteiger partial charge >= 0.3 is 0 Å². The van der Waals surface area contributed by atoms with Gasteiger partial charge in [-0.15, -0.1) is 0 Å². The van der Waals surface area contributed by atoms with Crippen molar-refractivity contribution in [1.29, 1.82) is 0 Å². The Kier molecular flexibility index (Phi) is 4.70. The first kappa shape index (κ1) is 23.5. The molecule has 6 aromatic carbocycles. The largest absolute Gasteiger partial charge is 0.294 e. The predicted molar refractivity (Wildman–Crippen MR) is 177 cm³/mol. The van der Waals surface area contributed by atoms with Crippen LogP contribution in [-0.4, -0.2) is 9.55 Å². The fourth-order valence-electron chi connectivity index (χ4n) is 7.30. The van der Waals surface area contributed by atoms with Crippen molar-refractivity contribution in [2.45, 2.75) is 19.3 Å². The SMILES string of the molecule is CC1(C)c2cc(-c3ccc4c(c3)c3cc5ccccc5cc3n4-c3ccccn3)ccc2-c2c1ccc1ccccc21. The molecule has 198 valence electrons. The molecule has 0 fully saturated rings. The van der Waals surface area contributed by atoms with Gasteiger partial charge in [-0.25, -0.2) is 4.98 Å². The molecule has 2 heterocycles. The Bertz CT molecular complexity index is 2370. The number of hydrogen-bond acceptors (Lipinski definition) is 1. The molecule has 0 amide bonds. The topological polar surface area (TPSA) is 17.8 Å². The first-order valence-electron chi connectivity index (χ1n) is 14.6. The van der Waals surface area contributed by atoms with E-state index in [1.165, 1.54) is 76.7 Å². The highest BCUT2D eigenvalue weighted by atomic mass is 15.1. The Morgan fingerprint density at radius 1 is 0.524 bits per heavy atom. The number of nitrogens with zero attached hydrogens (tertiary/aromatic N) is 2. The lowest BCUT2D eigenvalue weighted by molar-refractivity contribution is 0.661. The summed E-state index contributed by atoms with van der Waals surface area (Å²) in [5.74, 6) is 0.935. The van der Waals surface area contributed by atoms with Crippen LogP contribution in [0.15, 0.2) is 134 Å². The van der Waals surface area contributed by atoms with E-state index in [2.05, 4.69) is 140 Å². The second-order valence-corrected chi connectivity index (χ2v) is 12.1. The molecule has 9 rings (SSSR count). The first-order chi connectivity index (χ1) is 20.6. The minimum atomic E-state index is -0.0667. The van der Waals surface area contributed by atoms with Gasteiger partial charge in [0.15, 0.2) is 0 Å². The molecule has 0 N–H and O–H groups in total. The van der Waals surface area contributed by atoms with Crippen LogP contribution in [0.25, 0.3) is 71.4 Å². The summed E-state index contributed by atoms with van der Waals surface area (Å²) >= 11 is 0. The lowest BCUT2D eigenvalue weighted by Crippen LogP contribution is -2.15. The van der Waals surface area contributed by atoms with Crippen LogP contribution < -0.4 is 0 Å². The molecule has 0 aliphatic heterocycles. The van der Waals surface area contributed by atoms with Gasteiger partial charge in [-0.1, -0.05) is 98.8 Å². The van der Waals surface area contributed by atoms with E-state index in [9.17, 15) is 0 Å². The normalized spacial score (nSPS) is 13.7. The Hall–Kier alpha value is -5.21. The summed E-state index contributed by atoms with van der Waals surface area (Å²) in [4.78, 5) is 4.74. The van der Waals surface area contributed by atoms with Crippen molar-refractivity contribution in [2.75, 3.05) is 0 Å². The maximum Gasteiger partial charge on any atom is 0.137 e. The molecule has 0 spiro atoms. The van der Waals surface area contributed by atoms with Gasteiger partial charge in [0.05, 0.1) is 11.0 Å². The minimum absolute atomic E-state index is 0.0667. The maximum absolute atomic E-state index is 4.74. The van der Waals surface area contributed by atoms with Gasteiger partial charge in [0.2, 0.25) is 0 Å². The number of hydrogen-bond donors (Lipinski definition) is 0. The van der Waals surface area contributed by atoms with Gasteiger partial charge < -0.3 is 0 Å². The molecule has 2 aromatic heterocycles. The van der Waals surface area contributed by atoms with Crippen molar-refractivity contribution < 1.29 is 0 Å². The molecule has 42 heavy (non-hydrogen) atoms. The average molecular weight is 537 g/mol. The van der Waals surface area contributed by atoms with E-state index in [-0.39, 0.29) is 5.41 Å². The van der Waals surface area contributed by atoms with E-state index in [4.69, 9.17) is 4.98 Å². The second-order valence-electron chi connectivity index (χ2n) is 12.1. The third-order valence-electron chi connectivity index (χ3n) is 9.41. The fraction of sp³-hybridized carbons (Fsp3) is 0.0750. The summed E-state index contributed by atoms with van der Waals surface area (Å²) in [6, 6.07) is 46.7. The van der Waals surface area contributed by atoms with Gasteiger partial charge in [0.25, 0.3) is 0 Å². The molecule has 1 aliphatic rings. The Morgan fingerprint density at radius 2 is 1.24 bits per heavy atom. The van der Waals surface area contributed by atoms with E-state index >= 15 is 0 Å². The lowest BCUT2D eigenvalue weighted by atomic mass is 9.81. The van der Waals surface area contributed by atoms with Crippen molar-refractivity contribution in [2.24, 2.45) is 0 Å². The molecule has 2 heteroatoms. The van der Waals surface area contributed by atoms with Crippen LogP contribution in [0.4, 0.5) is 0 Å². The number of benzene rings is 6. The molecule has 0 saturated heterocycles. The highest BCUT2D eigenvalue weighted by molar-refractivity contribution is 6.14. The summed E-state index contributed by atoms with van der Waals surface area (Å²) in [7, 11) is 0. The number of aromatic nitrogens is 2. The summed E-state index contributed by atoms with van der Waals surface area (Å²) in [6.45, 7) is 4.73. The summed E-state index contributed by atoms with van der Waals surface area (Å²) < 4.78 is 2.30. The fourth-order valence-corrected chi connectivity index (χ4v) is 7.30. The van der Waals surface area contributed by atoms with Gasteiger partial charge in [0.1, 0.15) is 5.82 Å². The van der Waals surface area contributed by atoms with E-state index < -0.39 is 0 Å². The van der Waals surface area contributed by atoms with Gasteiger partial charge in [-0.3, -0.25) is 4.57 Å². The molecular formula is C40H28N2. The first-order valence-corrected chi connectivity index (χ1v) is 14.6. The molecule has 2 nitrogen and oxygen atoms in total. The minimum Gasteiger partial charge on any atom is -0.294 e. The van der Waals surface area contributed by atoms with Crippen molar-refractivity contribution in [3.8, 4) is 28.1 Å². The van der Waals surface area contributed by atoms with Gasteiger partial charge in [-0.2, -0.15) is 0 Å². The Morgan fingerprint density at radius 3 is 2.07 bits per heavy atom. The number of pyridine rings is 1. The third kappa shape index (κ3) is 3.18. The molecule has 0 atom stereocenters. The quantitative estimate of drug-likeness (QED) is 0.215. The second kappa shape index (κ2) is 8.41. The molecule has 0 unspecified atom stereocenters. The van der Waals surface area contributed by atoms with Crippen LogP contribution in [0.3, 0.4) is 0 Å². The highest BCUT2D eigenvalue weighted by Crippen LogP contribution is 2.52. The predicted octanol–water partition coefficient (Wildman–Crippen LogP) is 10.5. The summed E-state index contributed by atoms with van der Waals surface area (Å²) in [5.41, 5.74) is 10.3. The molecule has 0 saturated carbocycles. The lowest BCUT2D eigenvalue weighted by Gasteiger charge is -2.22. The van der Waals surface area contributed by atoms with Crippen molar-refractivity contribution in [3.63, 3.8) is 0 Å². The average Bonchev–Trinajstić information content (AvgIpc) is 3.47. The van der Waals surface area contributed by atoms with E-state index in [1.54, 1.807) is 0 Å². The van der Waals surface area contributed by atoms with Crippen molar-refractivity contribution >= 4 is 43.4 Å². The Labute approximate surface area is 244 Å². The van der Waals surface area contributed by atoms with Crippen LogP contribution in [0, 0.1) is 0 Å². The van der Waals surface area contributed by atoms with E-state index in [1.807, 2.05) is 12.3 Å². The van der Waals surface area contributed by atoms with Crippen LogP contribution in [0.1, 0.15) is 25.0 Å². The van der Waals surface area contributed by atoms with Crippen LogP contribution >= 0.6 is 0 Å². The number of fused-ring (bicyclic) bond motifs is 9. The maximum atomic E-state index is 4.74. The van der Waals surface area contributed by atoms with Crippen LogP contribution in [-0.2, 0) is 5.41 Å². The Balaban J connectivity index is 1.28. The summed E-state index contributed by atoms with van der Waals surface area (Å²) in [6.07, 6.45) is 1.87. The monoisotopic (exact) mass is 536 g/mol. The number of rotatable bonds is 2. The van der Waals surface area contributed by atoms with E-state index in [0.717, 1.165) is 5.82 Å². The van der Waals surface area contributed by atoms with Gasteiger partial charge in [0, 0.05) is 22.4 Å².